The van der Waals surface area contributed by atoms with Crippen molar-refractivity contribution in [2.24, 2.45) is 5.73 Å². The Morgan fingerprint density at radius 1 is 0.926 bits per heavy atom. The normalized spacial score (nSPS) is 13.9. The molecule has 0 aromatic heterocycles. The van der Waals surface area contributed by atoms with Gasteiger partial charge < -0.3 is 16.4 Å². The van der Waals surface area contributed by atoms with Gasteiger partial charge in [-0.05, 0) is 35.4 Å². The second-order valence-corrected chi connectivity index (χ2v) is 6.23. The van der Waals surface area contributed by atoms with Crippen molar-refractivity contribution in [2.45, 2.75) is 0 Å². The van der Waals surface area contributed by atoms with Gasteiger partial charge in [-0.25, -0.2) is 0 Å². The monoisotopic (exact) mass is 355 g/mol. The zero-order chi connectivity index (χ0) is 18.8. The predicted octanol–water partition coefficient (Wildman–Crippen LogP) is 3.86. The van der Waals surface area contributed by atoms with Crippen LogP contribution in [0.25, 0.3) is 16.7 Å². The summed E-state index contributed by atoms with van der Waals surface area (Å²) in [6, 6.07) is 22.7. The van der Waals surface area contributed by atoms with Gasteiger partial charge in [-0.2, -0.15) is 0 Å². The fourth-order valence-corrected chi connectivity index (χ4v) is 3.07. The second-order valence-electron chi connectivity index (χ2n) is 6.23. The number of hydrogen-bond donors (Lipinski definition) is 3. The molecule has 1 aliphatic rings. The lowest BCUT2D eigenvalue weighted by Crippen LogP contribution is -2.11. The average Bonchev–Trinajstić information content (AvgIpc) is 3.01. The maximum atomic E-state index is 12.4. The highest BCUT2D eigenvalue weighted by atomic mass is 16.2. The van der Waals surface area contributed by atoms with Crippen molar-refractivity contribution < 1.29 is 9.59 Å². The van der Waals surface area contributed by atoms with E-state index in [4.69, 9.17) is 5.73 Å². The Balaban J connectivity index is 1.63. The molecule has 0 radical (unpaired) electrons. The summed E-state index contributed by atoms with van der Waals surface area (Å²) in [7, 11) is 0. The average molecular weight is 355 g/mol. The third-order valence-electron chi connectivity index (χ3n) is 4.44. The van der Waals surface area contributed by atoms with Crippen LogP contribution in [0.3, 0.4) is 0 Å². The van der Waals surface area contributed by atoms with Crippen LogP contribution in [0.15, 0.2) is 79.0 Å². The van der Waals surface area contributed by atoms with Gasteiger partial charge >= 0.3 is 0 Å². The Morgan fingerprint density at radius 2 is 1.74 bits per heavy atom. The van der Waals surface area contributed by atoms with Gasteiger partial charge in [-0.1, -0.05) is 48.5 Å². The molecule has 4 rings (SSSR count). The molecular weight excluding hydrogens is 338 g/mol. The molecule has 1 aliphatic heterocycles. The van der Waals surface area contributed by atoms with E-state index in [0.717, 1.165) is 22.4 Å². The van der Waals surface area contributed by atoms with Gasteiger partial charge in [-0.3, -0.25) is 9.59 Å². The molecule has 0 atom stereocenters. The molecule has 0 saturated heterocycles. The van der Waals surface area contributed by atoms with Gasteiger partial charge in [0.25, 0.3) is 5.91 Å². The molecule has 5 nitrogen and oxygen atoms in total. The molecule has 3 aromatic rings. The molecule has 2 amide bonds. The maximum absolute atomic E-state index is 12.4. The minimum Gasteiger partial charge on any atom is -0.366 e. The van der Waals surface area contributed by atoms with Crippen LogP contribution in [0, 0.1) is 0 Å². The van der Waals surface area contributed by atoms with Crippen LogP contribution < -0.4 is 16.4 Å². The molecule has 27 heavy (non-hydrogen) atoms. The van der Waals surface area contributed by atoms with Gasteiger partial charge in [0.2, 0.25) is 5.91 Å². The van der Waals surface area contributed by atoms with Gasteiger partial charge in [0.1, 0.15) is 0 Å². The largest absolute Gasteiger partial charge is 0.366 e. The zero-order valence-corrected chi connectivity index (χ0v) is 14.4. The van der Waals surface area contributed by atoms with Crippen molar-refractivity contribution in [1.82, 2.24) is 0 Å². The van der Waals surface area contributed by atoms with E-state index in [9.17, 15) is 9.59 Å². The van der Waals surface area contributed by atoms with E-state index in [0.29, 0.717) is 16.8 Å². The number of amides is 2. The lowest BCUT2D eigenvalue weighted by molar-refractivity contribution is -0.110. The number of benzene rings is 3. The molecule has 0 fully saturated rings. The van der Waals surface area contributed by atoms with Crippen molar-refractivity contribution in [3.8, 4) is 11.1 Å². The molecule has 3 aromatic carbocycles. The van der Waals surface area contributed by atoms with E-state index in [2.05, 4.69) is 10.6 Å². The number of nitrogens with one attached hydrogen (secondary N) is 2. The van der Waals surface area contributed by atoms with Crippen LogP contribution in [-0.4, -0.2) is 11.8 Å². The third-order valence-corrected chi connectivity index (χ3v) is 4.44. The first-order valence-corrected chi connectivity index (χ1v) is 8.49. The number of fused-ring (bicyclic) bond motifs is 1. The molecule has 1 heterocycles. The summed E-state index contributed by atoms with van der Waals surface area (Å²) >= 11 is 0. The van der Waals surface area contributed by atoms with Crippen LogP contribution in [0.5, 0.6) is 0 Å². The van der Waals surface area contributed by atoms with E-state index in [1.807, 2.05) is 48.5 Å². The van der Waals surface area contributed by atoms with Crippen LogP contribution in [0.2, 0.25) is 0 Å². The molecule has 0 spiro atoms. The summed E-state index contributed by atoms with van der Waals surface area (Å²) in [6.07, 6.45) is 1.64. The summed E-state index contributed by atoms with van der Waals surface area (Å²) in [5.41, 5.74) is 10.7. The van der Waals surface area contributed by atoms with E-state index < -0.39 is 5.91 Å². The molecule has 0 bridgehead atoms. The summed E-state index contributed by atoms with van der Waals surface area (Å²) in [4.78, 5) is 23.7. The summed E-state index contributed by atoms with van der Waals surface area (Å²) in [6.45, 7) is 0. The molecule has 132 valence electrons. The van der Waals surface area contributed by atoms with Crippen LogP contribution >= 0.6 is 0 Å². The molecular formula is C22H17N3O2. The molecule has 0 aliphatic carbocycles. The minimum absolute atomic E-state index is 0.172. The number of rotatable bonds is 4. The Kier molecular flexibility index (Phi) is 4.18. The summed E-state index contributed by atoms with van der Waals surface area (Å²) in [5.74, 6) is -0.669. The highest BCUT2D eigenvalue weighted by Crippen LogP contribution is 2.35. The Morgan fingerprint density at radius 3 is 2.52 bits per heavy atom. The first-order chi connectivity index (χ1) is 13.1. The van der Waals surface area contributed by atoms with E-state index in [1.54, 1.807) is 30.5 Å². The smallest absolute Gasteiger partial charge is 0.257 e. The Labute approximate surface area is 156 Å². The summed E-state index contributed by atoms with van der Waals surface area (Å²) < 4.78 is 0. The maximum Gasteiger partial charge on any atom is 0.257 e. The van der Waals surface area contributed by atoms with Gasteiger partial charge in [0.15, 0.2) is 0 Å². The quantitative estimate of drug-likeness (QED) is 0.621. The van der Waals surface area contributed by atoms with Crippen LogP contribution in [0.4, 0.5) is 11.4 Å². The summed E-state index contributed by atoms with van der Waals surface area (Å²) in [5, 5.41) is 5.97. The van der Waals surface area contributed by atoms with Crippen molar-refractivity contribution in [1.29, 1.82) is 0 Å². The highest BCUT2D eigenvalue weighted by Gasteiger charge is 2.24. The lowest BCUT2D eigenvalue weighted by atomic mass is 10.0. The Hall–Kier alpha value is -3.86. The first kappa shape index (κ1) is 16.6. The van der Waals surface area contributed by atoms with Crippen LogP contribution in [-0.2, 0) is 4.79 Å². The van der Waals surface area contributed by atoms with Crippen molar-refractivity contribution in [3.05, 3.63) is 90.1 Å². The molecule has 0 saturated carbocycles. The van der Waals surface area contributed by atoms with Gasteiger partial charge in [-0.15, -0.1) is 0 Å². The number of carbonyl (C=O) groups is 2. The first-order valence-electron chi connectivity index (χ1n) is 8.49. The fourth-order valence-electron chi connectivity index (χ4n) is 3.07. The number of anilines is 2. The molecule has 4 N–H and O–H groups in total. The van der Waals surface area contributed by atoms with Crippen molar-refractivity contribution in [2.75, 3.05) is 10.6 Å². The number of carbonyl (C=O) groups excluding carboxylic acids is 2. The van der Waals surface area contributed by atoms with Crippen LogP contribution in [0.1, 0.15) is 15.9 Å². The van der Waals surface area contributed by atoms with Crippen molar-refractivity contribution in [3.63, 3.8) is 0 Å². The number of nitrogens with two attached hydrogens (primary N) is 1. The second kappa shape index (κ2) is 6.80. The van der Waals surface area contributed by atoms with Crippen molar-refractivity contribution >= 4 is 28.8 Å². The van der Waals surface area contributed by atoms with Gasteiger partial charge in [0.05, 0.1) is 5.57 Å². The third kappa shape index (κ3) is 3.30. The van der Waals surface area contributed by atoms with E-state index in [1.165, 1.54) is 0 Å². The van der Waals surface area contributed by atoms with E-state index >= 15 is 0 Å². The van der Waals surface area contributed by atoms with E-state index in [-0.39, 0.29) is 5.91 Å². The SMILES string of the molecule is NC(=O)c1cccc(NC=C2C(=O)Nc3cc(-c4ccccc4)ccc32)c1. The topological polar surface area (TPSA) is 84.2 Å². The van der Waals surface area contributed by atoms with Gasteiger partial charge in [0, 0.05) is 28.7 Å². The fraction of sp³-hybridized carbons (Fsp3) is 0. The lowest BCUT2D eigenvalue weighted by Gasteiger charge is -2.06. The number of hydrogen-bond acceptors (Lipinski definition) is 3. The predicted molar refractivity (Wildman–Crippen MR) is 107 cm³/mol. The molecule has 5 heteroatoms. The minimum atomic E-state index is -0.497. The Bertz CT molecular complexity index is 1070. The zero-order valence-electron chi connectivity index (χ0n) is 14.4. The standard InChI is InChI=1S/C22H17N3O2/c23-21(26)16-7-4-8-17(11-16)24-13-19-18-10-9-15(12-20(18)25-22(19)27)14-5-2-1-3-6-14/h1-13,24H,(H2,23,26)(H,25,27). The highest BCUT2D eigenvalue weighted by molar-refractivity contribution is 6.31. The molecule has 0 unspecified atom stereocenters. The number of primary amides is 1.